The normalized spacial score (nSPS) is 10.4. The molecule has 6 heteroatoms. The molecule has 2 aromatic rings. The molecule has 0 saturated carbocycles. The van der Waals surface area contributed by atoms with E-state index in [0.29, 0.717) is 17.2 Å². The molecule has 0 saturated heterocycles. The van der Waals surface area contributed by atoms with Crippen LogP contribution in [-0.2, 0) is 6.54 Å². The second kappa shape index (κ2) is 7.08. The smallest absolute Gasteiger partial charge is 0.265 e. The SMILES string of the molecule is CCCN(C)c1nc(N)c(C(=O)NCc2ccccc2)s1. The fourth-order valence-corrected chi connectivity index (χ4v) is 2.82. The minimum atomic E-state index is -0.176. The van der Waals surface area contributed by atoms with Crippen molar-refractivity contribution in [2.24, 2.45) is 0 Å². The molecule has 0 bridgehead atoms. The Morgan fingerprint density at radius 3 is 2.76 bits per heavy atom. The van der Waals surface area contributed by atoms with Crippen molar-refractivity contribution in [1.29, 1.82) is 0 Å². The molecule has 0 aliphatic rings. The van der Waals surface area contributed by atoms with E-state index in [1.165, 1.54) is 11.3 Å². The maximum atomic E-state index is 12.2. The number of aromatic nitrogens is 1. The van der Waals surface area contributed by atoms with Gasteiger partial charge in [0.15, 0.2) is 5.13 Å². The van der Waals surface area contributed by atoms with Crippen LogP contribution in [0.1, 0.15) is 28.6 Å². The van der Waals surface area contributed by atoms with Gasteiger partial charge in [0.05, 0.1) is 0 Å². The van der Waals surface area contributed by atoms with Crippen LogP contribution in [0.4, 0.5) is 10.9 Å². The van der Waals surface area contributed by atoms with Gasteiger partial charge >= 0.3 is 0 Å². The molecule has 2 rings (SSSR count). The second-order valence-electron chi connectivity index (χ2n) is 4.80. The van der Waals surface area contributed by atoms with Crippen molar-refractivity contribution in [2.45, 2.75) is 19.9 Å². The number of nitrogen functional groups attached to an aromatic ring is 1. The number of rotatable bonds is 6. The summed E-state index contributed by atoms with van der Waals surface area (Å²) in [5.74, 6) is 0.119. The number of amides is 1. The lowest BCUT2D eigenvalue weighted by Gasteiger charge is -2.13. The topological polar surface area (TPSA) is 71.2 Å². The molecule has 0 spiro atoms. The zero-order valence-corrected chi connectivity index (χ0v) is 13.1. The Labute approximate surface area is 128 Å². The van der Waals surface area contributed by atoms with E-state index in [9.17, 15) is 4.79 Å². The average Bonchev–Trinajstić information content (AvgIpc) is 2.88. The summed E-state index contributed by atoms with van der Waals surface area (Å²) in [6, 6.07) is 9.77. The lowest BCUT2D eigenvalue weighted by Crippen LogP contribution is -2.22. The van der Waals surface area contributed by atoms with Gasteiger partial charge in [-0.15, -0.1) is 0 Å². The van der Waals surface area contributed by atoms with Gasteiger partial charge in [0, 0.05) is 20.1 Å². The minimum absolute atomic E-state index is 0.176. The van der Waals surface area contributed by atoms with Crippen molar-refractivity contribution >= 4 is 28.2 Å². The highest BCUT2D eigenvalue weighted by Crippen LogP contribution is 2.27. The third kappa shape index (κ3) is 3.95. The van der Waals surface area contributed by atoms with Crippen LogP contribution < -0.4 is 16.0 Å². The highest BCUT2D eigenvalue weighted by atomic mass is 32.1. The Hall–Kier alpha value is -2.08. The van der Waals surface area contributed by atoms with Crippen LogP contribution in [0.3, 0.4) is 0 Å². The van der Waals surface area contributed by atoms with E-state index < -0.39 is 0 Å². The number of nitrogens with two attached hydrogens (primary N) is 1. The summed E-state index contributed by atoms with van der Waals surface area (Å²) in [6.45, 7) is 3.47. The van der Waals surface area contributed by atoms with Gasteiger partial charge in [-0.25, -0.2) is 4.98 Å². The van der Waals surface area contributed by atoms with E-state index in [1.54, 1.807) is 0 Å². The number of nitrogens with zero attached hydrogens (tertiary/aromatic N) is 2. The summed E-state index contributed by atoms with van der Waals surface area (Å²) in [5.41, 5.74) is 6.91. The summed E-state index contributed by atoms with van der Waals surface area (Å²) in [5, 5.41) is 3.65. The standard InChI is InChI=1S/C15H20N4OS/c1-3-9-19(2)15-18-13(16)12(21-15)14(20)17-10-11-7-5-4-6-8-11/h4-8H,3,9-10,16H2,1-2H3,(H,17,20). The van der Waals surface area contributed by atoms with Crippen LogP contribution in [0, 0.1) is 0 Å². The Kier molecular flexibility index (Phi) is 5.16. The zero-order chi connectivity index (χ0) is 15.2. The lowest BCUT2D eigenvalue weighted by atomic mass is 10.2. The molecule has 21 heavy (non-hydrogen) atoms. The van der Waals surface area contributed by atoms with Crippen LogP contribution in [-0.4, -0.2) is 24.5 Å². The predicted octanol–water partition coefficient (Wildman–Crippen LogP) is 2.50. The van der Waals surface area contributed by atoms with Crippen LogP contribution in [0.2, 0.25) is 0 Å². The molecule has 112 valence electrons. The molecular weight excluding hydrogens is 284 g/mol. The highest BCUT2D eigenvalue weighted by molar-refractivity contribution is 7.18. The number of thiazole rings is 1. The van der Waals surface area contributed by atoms with Crippen LogP contribution in [0.15, 0.2) is 30.3 Å². The first-order valence-electron chi connectivity index (χ1n) is 6.91. The Balaban J connectivity index is 2.02. The molecule has 0 atom stereocenters. The number of nitrogens with one attached hydrogen (secondary N) is 1. The molecule has 0 fully saturated rings. The fourth-order valence-electron chi connectivity index (χ4n) is 1.94. The molecule has 5 nitrogen and oxygen atoms in total. The predicted molar refractivity (Wildman–Crippen MR) is 87.7 cm³/mol. The van der Waals surface area contributed by atoms with Gasteiger partial charge in [-0.3, -0.25) is 4.79 Å². The van der Waals surface area contributed by atoms with Crippen molar-refractivity contribution in [3.05, 3.63) is 40.8 Å². The first-order chi connectivity index (χ1) is 10.1. The first-order valence-corrected chi connectivity index (χ1v) is 7.73. The average molecular weight is 304 g/mol. The summed E-state index contributed by atoms with van der Waals surface area (Å²) in [7, 11) is 1.95. The van der Waals surface area contributed by atoms with Crippen molar-refractivity contribution in [1.82, 2.24) is 10.3 Å². The molecule has 1 heterocycles. The number of anilines is 2. The number of hydrogen-bond acceptors (Lipinski definition) is 5. The molecule has 3 N–H and O–H groups in total. The van der Waals surface area contributed by atoms with E-state index in [1.807, 2.05) is 42.3 Å². The third-order valence-electron chi connectivity index (χ3n) is 3.03. The monoisotopic (exact) mass is 304 g/mol. The molecule has 0 unspecified atom stereocenters. The largest absolute Gasteiger partial charge is 0.382 e. The second-order valence-corrected chi connectivity index (χ2v) is 5.78. The molecule has 1 aromatic carbocycles. The third-order valence-corrected chi connectivity index (χ3v) is 4.21. The quantitative estimate of drug-likeness (QED) is 0.860. The van der Waals surface area contributed by atoms with E-state index in [-0.39, 0.29) is 5.91 Å². The molecule has 0 radical (unpaired) electrons. The van der Waals surface area contributed by atoms with E-state index >= 15 is 0 Å². The van der Waals surface area contributed by atoms with E-state index in [2.05, 4.69) is 17.2 Å². The van der Waals surface area contributed by atoms with Gasteiger partial charge in [-0.05, 0) is 12.0 Å². The number of carbonyl (C=O) groups excluding carboxylic acids is 1. The summed E-state index contributed by atoms with van der Waals surface area (Å²) < 4.78 is 0. The summed E-state index contributed by atoms with van der Waals surface area (Å²) >= 11 is 1.33. The molecule has 1 amide bonds. The van der Waals surface area contributed by atoms with Gasteiger partial charge in [0.25, 0.3) is 5.91 Å². The van der Waals surface area contributed by atoms with Gasteiger partial charge in [-0.2, -0.15) is 0 Å². The number of hydrogen-bond donors (Lipinski definition) is 2. The number of carbonyl (C=O) groups is 1. The van der Waals surface area contributed by atoms with E-state index in [0.717, 1.165) is 23.7 Å². The molecular formula is C15H20N4OS. The van der Waals surface area contributed by atoms with Crippen molar-refractivity contribution in [3.8, 4) is 0 Å². The summed E-state index contributed by atoms with van der Waals surface area (Å²) in [4.78, 5) is 18.9. The van der Waals surface area contributed by atoms with Crippen molar-refractivity contribution < 1.29 is 4.79 Å². The van der Waals surface area contributed by atoms with Crippen LogP contribution in [0.25, 0.3) is 0 Å². The van der Waals surface area contributed by atoms with Crippen LogP contribution in [0.5, 0.6) is 0 Å². The highest BCUT2D eigenvalue weighted by Gasteiger charge is 2.17. The lowest BCUT2D eigenvalue weighted by molar-refractivity contribution is 0.0955. The number of benzene rings is 1. The maximum Gasteiger partial charge on any atom is 0.265 e. The first kappa shape index (κ1) is 15.3. The fraction of sp³-hybridized carbons (Fsp3) is 0.333. The van der Waals surface area contributed by atoms with Gasteiger partial charge in [-0.1, -0.05) is 48.6 Å². The van der Waals surface area contributed by atoms with Gasteiger partial charge in [0.2, 0.25) is 0 Å². The Morgan fingerprint density at radius 1 is 1.38 bits per heavy atom. The summed E-state index contributed by atoms with van der Waals surface area (Å²) in [6.07, 6.45) is 1.02. The van der Waals surface area contributed by atoms with Crippen molar-refractivity contribution in [2.75, 3.05) is 24.2 Å². The van der Waals surface area contributed by atoms with E-state index in [4.69, 9.17) is 5.73 Å². The molecule has 1 aromatic heterocycles. The van der Waals surface area contributed by atoms with Crippen molar-refractivity contribution in [3.63, 3.8) is 0 Å². The van der Waals surface area contributed by atoms with Gasteiger partial charge in [0.1, 0.15) is 10.7 Å². The molecule has 0 aliphatic heterocycles. The molecule has 0 aliphatic carbocycles. The van der Waals surface area contributed by atoms with Crippen LogP contribution >= 0.6 is 11.3 Å². The Morgan fingerprint density at radius 2 is 2.10 bits per heavy atom. The Bertz CT molecular complexity index is 597. The zero-order valence-electron chi connectivity index (χ0n) is 12.3. The van der Waals surface area contributed by atoms with Gasteiger partial charge < -0.3 is 16.0 Å². The minimum Gasteiger partial charge on any atom is -0.382 e. The maximum absolute atomic E-state index is 12.2.